The molecule has 26 heavy (non-hydrogen) atoms. The Labute approximate surface area is 161 Å². The van der Waals surface area contributed by atoms with Crippen LogP contribution in [-0.4, -0.2) is 40.7 Å². The van der Waals surface area contributed by atoms with Gasteiger partial charge in [0.05, 0.1) is 11.4 Å². The van der Waals surface area contributed by atoms with Gasteiger partial charge in [0.25, 0.3) is 0 Å². The number of ether oxygens (including phenoxy) is 1. The quantitative estimate of drug-likeness (QED) is 0.567. The van der Waals surface area contributed by atoms with Crippen LogP contribution in [0.5, 0.6) is 5.75 Å². The van der Waals surface area contributed by atoms with Gasteiger partial charge in [-0.3, -0.25) is 9.32 Å². The van der Waals surface area contributed by atoms with Crippen LogP contribution < -0.4 is 10.5 Å². The van der Waals surface area contributed by atoms with Crippen LogP contribution >= 0.6 is 27.3 Å². The average Bonchev–Trinajstić information content (AvgIpc) is 3.27. The summed E-state index contributed by atoms with van der Waals surface area (Å²) in [6.45, 7) is 0.605. The average molecular weight is 438 g/mol. The Bertz CT molecular complexity index is 918. The van der Waals surface area contributed by atoms with Crippen molar-refractivity contribution in [3.63, 3.8) is 0 Å². The highest BCUT2D eigenvalue weighted by atomic mass is 79.9. The molecule has 0 fully saturated rings. The number of benzene rings is 1. The summed E-state index contributed by atoms with van der Waals surface area (Å²) in [4.78, 5) is 26.5. The monoisotopic (exact) mass is 437 g/mol. The van der Waals surface area contributed by atoms with Gasteiger partial charge in [0.1, 0.15) is 18.9 Å². The van der Waals surface area contributed by atoms with Crippen molar-refractivity contribution in [2.45, 2.75) is 6.54 Å². The van der Waals surface area contributed by atoms with Crippen molar-refractivity contribution in [3.05, 3.63) is 56.8 Å². The van der Waals surface area contributed by atoms with Crippen molar-refractivity contribution in [1.82, 2.24) is 14.6 Å². The zero-order valence-corrected chi connectivity index (χ0v) is 16.3. The van der Waals surface area contributed by atoms with Crippen LogP contribution in [0.1, 0.15) is 0 Å². The molecule has 0 atom stereocenters. The Morgan fingerprint density at radius 1 is 1.35 bits per heavy atom. The summed E-state index contributed by atoms with van der Waals surface area (Å²) in [7, 11) is 1.66. The second-order valence-corrected chi connectivity index (χ2v) is 7.32. The van der Waals surface area contributed by atoms with Gasteiger partial charge in [-0.25, -0.2) is 9.36 Å². The summed E-state index contributed by atoms with van der Waals surface area (Å²) < 4.78 is 12.5. The molecule has 0 aliphatic rings. The third-order valence-corrected chi connectivity index (χ3v) is 5.05. The highest BCUT2D eigenvalue weighted by Gasteiger charge is 2.18. The lowest BCUT2D eigenvalue weighted by atomic mass is 10.3. The molecule has 0 aliphatic heterocycles. The molecule has 0 bridgehead atoms. The van der Waals surface area contributed by atoms with Crippen molar-refractivity contribution in [3.8, 4) is 16.5 Å². The molecule has 0 saturated heterocycles. The van der Waals surface area contributed by atoms with Crippen LogP contribution in [0.15, 0.2) is 55.6 Å². The van der Waals surface area contributed by atoms with Gasteiger partial charge in [0, 0.05) is 11.5 Å². The van der Waals surface area contributed by atoms with Gasteiger partial charge in [0.2, 0.25) is 5.91 Å². The van der Waals surface area contributed by atoms with Crippen LogP contribution in [-0.2, 0) is 11.3 Å². The molecule has 1 aromatic carbocycles. The number of thiophene rings is 1. The molecule has 0 saturated carbocycles. The lowest BCUT2D eigenvalue weighted by molar-refractivity contribution is -0.130. The standard InChI is InChI=1S/C17H16BrN3O4S/c1-20(8-9-24-13-6-4-12(18)5-7-13)15(22)11-21-16(19-25-17(21)23)14-3-2-10-26-14/h2-7,10H,8-9,11H2,1H3. The summed E-state index contributed by atoms with van der Waals surface area (Å²) in [5.41, 5.74) is 0. The molecule has 1 amide bonds. The molecule has 3 aromatic rings. The maximum Gasteiger partial charge on any atom is 0.442 e. The van der Waals surface area contributed by atoms with Crippen molar-refractivity contribution < 1.29 is 14.1 Å². The largest absolute Gasteiger partial charge is 0.492 e. The Morgan fingerprint density at radius 2 is 2.12 bits per heavy atom. The highest BCUT2D eigenvalue weighted by Crippen LogP contribution is 2.21. The first-order valence-corrected chi connectivity index (χ1v) is 9.44. The number of aromatic nitrogens is 2. The number of carbonyl (C=O) groups excluding carboxylic acids is 1. The van der Waals surface area contributed by atoms with E-state index in [9.17, 15) is 9.59 Å². The van der Waals surface area contributed by atoms with E-state index < -0.39 is 5.76 Å². The molecular formula is C17H16BrN3O4S. The van der Waals surface area contributed by atoms with E-state index in [2.05, 4.69) is 21.1 Å². The topological polar surface area (TPSA) is 77.6 Å². The van der Waals surface area contributed by atoms with Crippen LogP contribution in [0.2, 0.25) is 0 Å². The molecule has 0 radical (unpaired) electrons. The van der Waals surface area contributed by atoms with Crippen molar-refractivity contribution in [2.24, 2.45) is 0 Å². The number of halogens is 1. The van der Waals surface area contributed by atoms with Crippen LogP contribution in [0.25, 0.3) is 10.7 Å². The fraction of sp³-hybridized carbons (Fsp3) is 0.235. The Kier molecular flexibility index (Phi) is 5.89. The molecular weight excluding hydrogens is 422 g/mol. The van der Waals surface area contributed by atoms with E-state index in [1.54, 1.807) is 7.05 Å². The first-order chi connectivity index (χ1) is 12.5. The third kappa shape index (κ3) is 4.41. The van der Waals surface area contributed by atoms with Gasteiger partial charge in [-0.2, -0.15) is 0 Å². The maximum absolute atomic E-state index is 12.4. The lowest BCUT2D eigenvalue weighted by Gasteiger charge is -2.17. The Morgan fingerprint density at radius 3 is 2.81 bits per heavy atom. The molecule has 2 heterocycles. The van der Waals surface area contributed by atoms with Gasteiger partial charge in [-0.05, 0) is 35.7 Å². The van der Waals surface area contributed by atoms with E-state index in [0.29, 0.717) is 19.0 Å². The third-order valence-electron chi connectivity index (χ3n) is 3.66. The highest BCUT2D eigenvalue weighted by molar-refractivity contribution is 9.10. The predicted octanol–water partition coefficient (Wildman–Crippen LogP) is 2.86. The number of carbonyl (C=O) groups is 1. The Hall–Kier alpha value is -2.39. The predicted molar refractivity (Wildman–Crippen MR) is 101 cm³/mol. The van der Waals surface area contributed by atoms with E-state index in [4.69, 9.17) is 9.26 Å². The van der Waals surface area contributed by atoms with Crippen molar-refractivity contribution in [2.75, 3.05) is 20.2 Å². The summed E-state index contributed by atoms with van der Waals surface area (Å²) >= 11 is 4.78. The van der Waals surface area contributed by atoms with Crippen LogP contribution in [0, 0.1) is 0 Å². The van der Waals surface area contributed by atoms with Crippen molar-refractivity contribution >= 4 is 33.2 Å². The van der Waals surface area contributed by atoms with E-state index in [-0.39, 0.29) is 12.5 Å². The minimum absolute atomic E-state index is 0.135. The smallest absolute Gasteiger partial charge is 0.442 e. The molecule has 9 heteroatoms. The van der Waals surface area contributed by atoms with E-state index in [1.165, 1.54) is 20.8 Å². The number of hydrogen-bond acceptors (Lipinski definition) is 6. The van der Waals surface area contributed by atoms with Gasteiger partial charge in [0.15, 0.2) is 5.82 Å². The van der Waals surface area contributed by atoms with Gasteiger partial charge in [-0.15, -0.1) is 11.3 Å². The van der Waals surface area contributed by atoms with Gasteiger partial charge < -0.3 is 9.64 Å². The molecule has 0 unspecified atom stereocenters. The number of likely N-dealkylation sites (N-methyl/N-ethyl adjacent to an activating group) is 1. The second kappa shape index (κ2) is 8.33. The molecule has 0 aliphatic carbocycles. The normalized spacial score (nSPS) is 10.7. The van der Waals surface area contributed by atoms with Gasteiger partial charge >= 0.3 is 5.76 Å². The van der Waals surface area contributed by atoms with Crippen molar-refractivity contribution in [1.29, 1.82) is 0 Å². The maximum atomic E-state index is 12.4. The SMILES string of the molecule is CN(CCOc1ccc(Br)cc1)C(=O)Cn1c(-c2cccs2)noc1=O. The molecule has 2 aromatic heterocycles. The van der Waals surface area contributed by atoms with E-state index >= 15 is 0 Å². The summed E-state index contributed by atoms with van der Waals surface area (Å²) in [5, 5.41) is 5.63. The molecule has 136 valence electrons. The molecule has 7 nitrogen and oxygen atoms in total. The number of rotatable bonds is 7. The summed E-state index contributed by atoms with van der Waals surface area (Å²) in [6.07, 6.45) is 0. The molecule has 0 spiro atoms. The lowest BCUT2D eigenvalue weighted by Crippen LogP contribution is -2.35. The van der Waals surface area contributed by atoms with Crippen LogP contribution in [0.4, 0.5) is 0 Å². The number of nitrogens with zero attached hydrogens (tertiary/aromatic N) is 3. The zero-order chi connectivity index (χ0) is 18.5. The van der Waals surface area contributed by atoms with Crippen LogP contribution in [0.3, 0.4) is 0 Å². The minimum Gasteiger partial charge on any atom is -0.492 e. The Balaban J connectivity index is 1.57. The minimum atomic E-state index is -0.652. The second-order valence-electron chi connectivity index (χ2n) is 5.45. The van der Waals surface area contributed by atoms with Gasteiger partial charge in [-0.1, -0.05) is 27.2 Å². The first kappa shape index (κ1) is 18.4. The number of amides is 1. The fourth-order valence-corrected chi connectivity index (χ4v) is 3.18. The first-order valence-electron chi connectivity index (χ1n) is 7.77. The fourth-order valence-electron chi connectivity index (χ4n) is 2.20. The zero-order valence-electron chi connectivity index (χ0n) is 13.9. The molecule has 3 rings (SSSR count). The van der Waals surface area contributed by atoms with E-state index in [0.717, 1.165) is 15.1 Å². The number of hydrogen-bond donors (Lipinski definition) is 0. The summed E-state index contributed by atoms with van der Waals surface area (Å²) in [5.74, 6) is 0.205. The van der Waals surface area contributed by atoms with E-state index in [1.807, 2.05) is 41.8 Å². The molecule has 0 N–H and O–H groups in total. The summed E-state index contributed by atoms with van der Waals surface area (Å²) in [6, 6.07) is 11.1.